The molecule has 0 saturated carbocycles. The second kappa shape index (κ2) is 5.83. The van der Waals surface area contributed by atoms with Crippen LogP contribution >= 0.6 is 0 Å². The maximum Gasteiger partial charge on any atom is 0.126 e. The van der Waals surface area contributed by atoms with Crippen molar-refractivity contribution in [2.24, 2.45) is 0 Å². The molecule has 0 aliphatic rings. The molecule has 106 valence electrons. The van der Waals surface area contributed by atoms with Crippen molar-refractivity contribution in [2.45, 2.75) is 6.42 Å². The highest BCUT2D eigenvalue weighted by Crippen LogP contribution is 2.19. The van der Waals surface area contributed by atoms with Crippen LogP contribution in [0.3, 0.4) is 0 Å². The Bertz CT molecular complexity index is 749. The number of fused-ring (bicyclic) bond motifs is 1. The maximum atomic E-state index is 13.1. The fourth-order valence-electron chi connectivity index (χ4n) is 2.24. The van der Waals surface area contributed by atoms with Crippen molar-refractivity contribution >= 4 is 16.6 Å². The van der Waals surface area contributed by atoms with Crippen LogP contribution in [0.1, 0.15) is 5.56 Å². The smallest absolute Gasteiger partial charge is 0.126 e. The lowest BCUT2D eigenvalue weighted by atomic mass is 10.1. The summed E-state index contributed by atoms with van der Waals surface area (Å²) in [6.45, 7) is 0.554. The Balaban J connectivity index is 1.72. The van der Waals surface area contributed by atoms with E-state index in [4.69, 9.17) is 0 Å². The third kappa shape index (κ3) is 3.13. The monoisotopic (exact) mass is 285 g/mol. The van der Waals surface area contributed by atoms with E-state index in [1.807, 2.05) is 24.3 Å². The van der Waals surface area contributed by atoms with Crippen molar-refractivity contribution < 1.29 is 8.78 Å². The van der Waals surface area contributed by atoms with E-state index in [0.29, 0.717) is 18.5 Å². The van der Waals surface area contributed by atoms with Gasteiger partial charge in [0.15, 0.2) is 0 Å². The SMILES string of the molecule is Fc1cc(F)cc(CCNc2cnnc3ccccc23)c1. The van der Waals surface area contributed by atoms with E-state index in [0.717, 1.165) is 22.7 Å². The lowest BCUT2D eigenvalue weighted by molar-refractivity contribution is 0.580. The minimum absolute atomic E-state index is 0.519. The summed E-state index contributed by atoms with van der Waals surface area (Å²) in [5.74, 6) is -1.11. The van der Waals surface area contributed by atoms with Gasteiger partial charge in [-0.1, -0.05) is 18.2 Å². The van der Waals surface area contributed by atoms with Crippen LogP contribution in [0, 0.1) is 11.6 Å². The number of hydrogen-bond acceptors (Lipinski definition) is 3. The maximum absolute atomic E-state index is 13.1. The summed E-state index contributed by atoms with van der Waals surface area (Å²) in [7, 11) is 0. The Hall–Kier alpha value is -2.56. The summed E-state index contributed by atoms with van der Waals surface area (Å²) >= 11 is 0. The zero-order chi connectivity index (χ0) is 14.7. The lowest BCUT2D eigenvalue weighted by Crippen LogP contribution is -2.06. The summed E-state index contributed by atoms with van der Waals surface area (Å²) in [5, 5.41) is 12.2. The number of anilines is 1. The number of rotatable bonds is 4. The minimum atomic E-state index is -0.555. The van der Waals surface area contributed by atoms with Gasteiger partial charge < -0.3 is 5.32 Å². The van der Waals surface area contributed by atoms with Crippen LogP contribution in [-0.4, -0.2) is 16.7 Å². The number of nitrogens with zero attached hydrogens (tertiary/aromatic N) is 2. The molecule has 3 rings (SSSR count). The number of nitrogens with one attached hydrogen (secondary N) is 1. The molecule has 3 nitrogen and oxygen atoms in total. The van der Waals surface area contributed by atoms with Gasteiger partial charge in [0.25, 0.3) is 0 Å². The summed E-state index contributed by atoms with van der Waals surface area (Å²) in [6.07, 6.45) is 2.17. The highest BCUT2D eigenvalue weighted by molar-refractivity contribution is 5.90. The van der Waals surface area contributed by atoms with Crippen molar-refractivity contribution in [2.75, 3.05) is 11.9 Å². The number of benzene rings is 2. The molecule has 0 fully saturated rings. The third-order valence-corrected chi connectivity index (χ3v) is 3.20. The second-order valence-corrected chi connectivity index (χ2v) is 4.73. The predicted molar refractivity (Wildman–Crippen MR) is 78.1 cm³/mol. The topological polar surface area (TPSA) is 37.8 Å². The molecule has 0 amide bonds. The molecule has 0 bridgehead atoms. The number of hydrogen-bond donors (Lipinski definition) is 1. The molecule has 5 heteroatoms. The molecule has 3 aromatic rings. The van der Waals surface area contributed by atoms with E-state index in [1.54, 1.807) is 6.20 Å². The molecule has 0 aliphatic carbocycles. The van der Waals surface area contributed by atoms with Crippen LogP contribution in [0.15, 0.2) is 48.7 Å². The van der Waals surface area contributed by atoms with Gasteiger partial charge in [-0.25, -0.2) is 8.78 Å². The Morgan fingerprint density at radius 2 is 1.76 bits per heavy atom. The van der Waals surface area contributed by atoms with E-state index in [-0.39, 0.29) is 0 Å². The lowest BCUT2D eigenvalue weighted by Gasteiger charge is -2.08. The minimum Gasteiger partial charge on any atom is -0.383 e. The van der Waals surface area contributed by atoms with Gasteiger partial charge >= 0.3 is 0 Å². The van der Waals surface area contributed by atoms with Gasteiger partial charge in [-0.15, -0.1) is 0 Å². The highest BCUT2D eigenvalue weighted by atomic mass is 19.1. The highest BCUT2D eigenvalue weighted by Gasteiger charge is 2.03. The largest absolute Gasteiger partial charge is 0.383 e. The van der Waals surface area contributed by atoms with Gasteiger partial charge in [0, 0.05) is 18.0 Å². The van der Waals surface area contributed by atoms with Crippen molar-refractivity contribution in [3.05, 3.63) is 65.9 Å². The second-order valence-electron chi connectivity index (χ2n) is 4.73. The van der Waals surface area contributed by atoms with Crippen LogP contribution in [0.2, 0.25) is 0 Å². The molecule has 0 radical (unpaired) electrons. The van der Waals surface area contributed by atoms with E-state index >= 15 is 0 Å². The van der Waals surface area contributed by atoms with Gasteiger partial charge in [0.05, 0.1) is 17.4 Å². The van der Waals surface area contributed by atoms with Gasteiger partial charge in [-0.2, -0.15) is 10.2 Å². The van der Waals surface area contributed by atoms with Crippen molar-refractivity contribution in [1.82, 2.24) is 10.2 Å². The fourth-order valence-corrected chi connectivity index (χ4v) is 2.24. The zero-order valence-electron chi connectivity index (χ0n) is 11.2. The Kier molecular flexibility index (Phi) is 3.73. The van der Waals surface area contributed by atoms with Gasteiger partial charge in [0.1, 0.15) is 11.6 Å². The van der Waals surface area contributed by atoms with Gasteiger partial charge in [0.2, 0.25) is 0 Å². The molecule has 0 saturated heterocycles. The molecular formula is C16H13F2N3. The fraction of sp³-hybridized carbons (Fsp3) is 0.125. The normalized spacial score (nSPS) is 10.8. The van der Waals surface area contributed by atoms with Crippen LogP contribution in [0.25, 0.3) is 10.9 Å². The molecule has 1 aromatic heterocycles. The molecule has 0 spiro atoms. The average Bonchev–Trinajstić information content (AvgIpc) is 2.46. The molecule has 0 atom stereocenters. The molecule has 0 unspecified atom stereocenters. The molecule has 1 N–H and O–H groups in total. The van der Waals surface area contributed by atoms with E-state index in [2.05, 4.69) is 15.5 Å². The van der Waals surface area contributed by atoms with Gasteiger partial charge in [-0.3, -0.25) is 0 Å². The first-order valence-corrected chi connectivity index (χ1v) is 6.61. The van der Waals surface area contributed by atoms with Crippen molar-refractivity contribution in [3.63, 3.8) is 0 Å². The first kappa shape index (κ1) is 13.4. The molecular weight excluding hydrogens is 272 g/mol. The predicted octanol–water partition coefficient (Wildman–Crippen LogP) is 3.56. The first-order valence-electron chi connectivity index (χ1n) is 6.61. The zero-order valence-corrected chi connectivity index (χ0v) is 11.2. The molecule has 0 aliphatic heterocycles. The summed E-state index contributed by atoms with van der Waals surface area (Å²) < 4.78 is 26.2. The summed E-state index contributed by atoms with van der Waals surface area (Å²) in [4.78, 5) is 0. The van der Waals surface area contributed by atoms with Crippen LogP contribution in [-0.2, 0) is 6.42 Å². The van der Waals surface area contributed by atoms with E-state index in [9.17, 15) is 8.78 Å². The Morgan fingerprint density at radius 1 is 1.00 bits per heavy atom. The average molecular weight is 285 g/mol. The number of aromatic nitrogens is 2. The van der Waals surface area contributed by atoms with Crippen LogP contribution in [0.5, 0.6) is 0 Å². The third-order valence-electron chi connectivity index (χ3n) is 3.20. The van der Waals surface area contributed by atoms with E-state index < -0.39 is 11.6 Å². The quantitative estimate of drug-likeness (QED) is 0.796. The summed E-state index contributed by atoms with van der Waals surface area (Å²) in [6, 6.07) is 11.2. The van der Waals surface area contributed by atoms with Crippen LogP contribution < -0.4 is 5.32 Å². The Labute approximate surface area is 120 Å². The molecule has 2 aromatic carbocycles. The molecule has 21 heavy (non-hydrogen) atoms. The van der Waals surface area contributed by atoms with Gasteiger partial charge in [-0.05, 0) is 30.2 Å². The van der Waals surface area contributed by atoms with Crippen molar-refractivity contribution in [3.8, 4) is 0 Å². The van der Waals surface area contributed by atoms with E-state index in [1.165, 1.54) is 12.1 Å². The standard InChI is InChI=1S/C16H13F2N3/c17-12-7-11(8-13(18)9-12)5-6-19-16-10-20-21-15-4-2-1-3-14(15)16/h1-4,7-10H,5-6H2,(H,19,21). The van der Waals surface area contributed by atoms with Crippen LogP contribution in [0.4, 0.5) is 14.5 Å². The first-order chi connectivity index (χ1) is 10.2. The Morgan fingerprint density at radius 3 is 2.57 bits per heavy atom. The van der Waals surface area contributed by atoms with Crippen molar-refractivity contribution in [1.29, 1.82) is 0 Å². The molecule has 1 heterocycles. The summed E-state index contributed by atoms with van der Waals surface area (Å²) in [5.41, 5.74) is 2.28. The number of halogens is 2.